The number of likely N-dealkylation sites (tertiary alicyclic amines) is 1. The summed E-state index contributed by atoms with van der Waals surface area (Å²) in [5.41, 5.74) is -1.24. The van der Waals surface area contributed by atoms with E-state index >= 15 is 0 Å². The first-order chi connectivity index (χ1) is 9.77. The monoisotopic (exact) mass is 302 g/mol. The Kier molecular flexibility index (Phi) is 4.51. The Labute approximate surface area is 120 Å². The van der Waals surface area contributed by atoms with Gasteiger partial charge >= 0.3 is 6.18 Å². The quantitative estimate of drug-likeness (QED) is 0.634. The molecule has 0 atom stereocenters. The maximum Gasteiger partial charge on any atom is 0.416 e. The van der Waals surface area contributed by atoms with Crippen molar-refractivity contribution in [2.45, 2.75) is 25.4 Å². The summed E-state index contributed by atoms with van der Waals surface area (Å²) in [7, 11) is 1.99. The lowest BCUT2D eigenvalue weighted by molar-refractivity contribution is -0.385. The molecule has 1 aliphatic heterocycles. The van der Waals surface area contributed by atoms with Gasteiger partial charge in [-0.2, -0.15) is 13.2 Å². The van der Waals surface area contributed by atoms with Gasteiger partial charge in [-0.25, -0.2) is 0 Å². The minimum Gasteiger partial charge on any atom is -0.306 e. The van der Waals surface area contributed by atoms with Crippen LogP contribution in [0.5, 0.6) is 0 Å². The highest BCUT2D eigenvalue weighted by molar-refractivity contribution is 5.41. The van der Waals surface area contributed by atoms with Crippen LogP contribution in [0.4, 0.5) is 18.9 Å². The number of hydrogen-bond donors (Lipinski definition) is 0. The van der Waals surface area contributed by atoms with Crippen molar-refractivity contribution in [3.63, 3.8) is 0 Å². The first-order valence-electron chi connectivity index (χ1n) is 6.80. The second-order valence-electron chi connectivity index (χ2n) is 5.55. The summed E-state index contributed by atoms with van der Waals surface area (Å²) in [5, 5.41) is 10.7. The molecule has 0 bridgehead atoms. The van der Waals surface area contributed by atoms with Crippen LogP contribution in [-0.2, 0) is 12.6 Å². The van der Waals surface area contributed by atoms with E-state index < -0.39 is 22.4 Å². The van der Waals surface area contributed by atoms with Crippen LogP contribution in [0.1, 0.15) is 24.0 Å². The average Bonchev–Trinajstić information content (AvgIpc) is 2.40. The molecular weight excluding hydrogens is 285 g/mol. The van der Waals surface area contributed by atoms with Crippen molar-refractivity contribution in [3.05, 3.63) is 39.4 Å². The molecule has 7 heteroatoms. The van der Waals surface area contributed by atoms with Gasteiger partial charge in [-0.3, -0.25) is 10.1 Å². The molecule has 0 unspecified atom stereocenters. The maximum atomic E-state index is 13.1. The number of benzene rings is 1. The summed E-state index contributed by atoms with van der Waals surface area (Å²) < 4.78 is 39.2. The Balaban J connectivity index is 2.24. The smallest absolute Gasteiger partial charge is 0.306 e. The fourth-order valence-corrected chi connectivity index (χ4v) is 2.70. The molecule has 1 aliphatic rings. The van der Waals surface area contributed by atoms with E-state index in [1.54, 1.807) is 0 Å². The summed E-state index contributed by atoms with van der Waals surface area (Å²) in [6, 6.07) is 3.04. The summed E-state index contributed by atoms with van der Waals surface area (Å²) in [6.07, 6.45) is -2.54. The molecule has 4 nitrogen and oxygen atoms in total. The van der Waals surface area contributed by atoms with Gasteiger partial charge in [0, 0.05) is 12.1 Å². The van der Waals surface area contributed by atoms with Crippen LogP contribution in [0.15, 0.2) is 18.2 Å². The van der Waals surface area contributed by atoms with Gasteiger partial charge < -0.3 is 4.90 Å². The van der Waals surface area contributed by atoms with E-state index in [-0.39, 0.29) is 11.5 Å². The standard InChI is InChI=1S/C14H17F3N2O2/c1-18-6-4-10(5-7-18)8-11-2-3-12(19(20)21)9-13(11)14(15,16)17/h2-3,9-10H,4-8H2,1H3. The van der Waals surface area contributed by atoms with Crippen molar-refractivity contribution in [1.29, 1.82) is 0 Å². The van der Waals surface area contributed by atoms with E-state index in [0.29, 0.717) is 12.5 Å². The van der Waals surface area contributed by atoms with Crippen molar-refractivity contribution in [2.75, 3.05) is 20.1 Å². The zero-order valence-corrected chi connectivity index (χ0v) is 11.7. The third-order valence-corrected chi connectivity index (χ3v) is 3.96. The van der Waals surface area contributed by atoms with Crippen LogP contribution in [0.3, 0.4) is 0 Å². The number of nitro groups is 1. The van der Waals surface area contributed by atoms with Crippen LogP contribution in [0.25, 0.3) is 0 Å². The van der Waals surface area contributed by atoms with Crippen LogP contribution >= 0.6 is 0 Å². The van der Waals surface area contributed by atoms with Crippen LogP contribution in [0, 0.1) is 16.0 Å². The van der Waals surface area contributed by atoms with Crippen LogP contribution in [-0.4, -0.2) is 30.0 Å². The minimum absolute atomic E-state index is 0.155. The lowest BCUT2D eigenvalue weighted by Gasteiger charge is -2.29. The van der Waals surface area contributed by atoms with E-state index in [9.17, 15) is 23.3 Å². The number of alkyl halides is 3. The molecule has 116 valence electrons. The predicted octanol–water partition coefficient (Wildman–Crippen LogP) is 3.50. The van der Waals surface area contributed by atoms with E-state index in [0.717, 1.165) is 32.0 Å². The summed E-state index contributed by atoms with van der Waals surface area (Å²) >= 11 is 0. The van der Waals surface area contributed by atoms with Crippen molar-refractivity contribution < 1.29 is 18.1 Å². The highest BCUT2D eigenvalue weighted by Crippen LogP contribution is 2.36. The number of rotatable bonds is 3. The van der Waals surface area contributed by atoms with Gasteiger partial charge in [0.1, 0.15) is 0 Å². The Hall–Kier alpha value is -1.63. The molecule has 0 amide bonds. The van der Waals surface area contributed by atoms with Gasteiger partial charge in [0.15, 0.2) is 0 Å². The van der Waals surface area contributed by atoms with Crippen molar-refractivity contribution in [1.82, 2.24) is 4.90 Å². The van der Waals surface area contributed by atoms with Gasteiger partial charge in [-0.1, -0.05) is 6.07 Å². The maximum absolute atomic E-state index is 13.1. The molecular formula is C14H17F3N2O2. The number of halogens is 3. The molecule has 0 radical (unpaired) electrons. The summed E-state index contributed by atoms with van der Waals surface area (Å²) in [6.45, 7) is 1.75. The van der Waals surface area contributed by atoms with Crippen molar-refractivity contribution >= 4 is 5.69 Å². The molecule has 1 heterocycles. The van der Waals surface area contributed by atoms with E-state index in [1.807, 2.05) is 7.05 Å². The molecule has 1 fully saturated rings. The number of non-ortho nitro benzene ring substituents is 1. The van der Waals surface area contributed by atoms with Gasteiger partial charge in [0.25, 0.3) is 5.69 Å². The third kappa shape index (κ3) is 3.93. The van der Waals surface area contributed by atoms with E-state index in [2.05, 4.69) is 4.90 Å². The third-order valence-electron chi connectivity index (χ3n) is 3.96. The molecule has 0 saturated carbocycles. The molecule has 21 heavy (non-hydrogen) atoms. The molecule has 0 spiro atoms. The highest BCUT2D eigenvalue weighted by Gasteiger charge is 2.35. The summed E-state index contributed by atoms with van der Waals surface area (Å²) in [5.74, 6) is 0.198. The SMILES string of the molecule is CN1CCC(Cc2ccc([N+](=O)[O-])cc2C(F)(F)F)CC1. The fourth-order valence-electron chi connectivity index (χ4n) is 2.70. The van der Waals surface area contributed by atoms with E-state index in [1.165, 1.54) is 6.07 Å². The normalized spacial score (nSPS) is 17.9. The first-order valence-corrected chi connectivity index (χ1v) is 6.80. The minimum atomic E-state index is -4.56. The molecule has 0 N–H and O–H groups in total. The lowest BCUT2D eigenvalue weighted by atomic mass is 9.88. The van der Waals surface area contributed by atoms with Gasteiger partial charge in [-0.05, 0) is 50.9 Å². The Morgan fingerprint density at radius 1 is 1.33 bits per heavy atom. The second-order valence-corrected chi connectivity index (χ2v) is 5.55. The topological polar surface area (TPSA) is 46.4 Å². The highest BCUT2D eigenvalue weighted by atomic mass is 19.4. The zero-order chi connectivity index (χ0) is 15.6. The molecule has 1 saturated heterocycles. The van der Waals surface area contributed by atoms with Gasteiger partial charge in [0.2, 0.25) is 0 Å². The predicted molar refractivity (Wildman–Crippen MR) is 72.0 cm³/mol. The average molecular weight is 302 g/mol. The number of piperidine rings is 1. The number of hydrogen-bond acceptors (Lipinski definition) is 3. The lowest BCUT2D eigenvalue weighted by Crippen LogP contribution is -2.31. The van der Waals surface area contributed by atoms with Gasteiger partial charge in [-0.15, -0.1) is 0 Å². The number of nitrogens with zero attached hydrogens (tertiary/aromatic N) is 2. The molecule has 2 rings (SSSR count). The van der Waals surface area contributed by atoms with Crippen LogP contribution < -0.4 is 0 Å². The zero-order valence-electron chi connectivity index (χ0n) is 11.7. The molecule has 0 aromatic heterocycles. The largest absolute Gasteiger partial charge is 0.416 e. The first kappa shape index (κ1) is 15.8. The van der Waals surface area contributed by atoms with E-state index in [4.69, 9.17) is 0 Å². The Morgan fingerprint density at radius 2 is 1.95 bits per heavy atom. The van der Waals surface area contributed by atoms with Gasteiger partial charge in [0.05, 0.1) is 10.5 Å². The fraction of sp³-hybridized carbons (Fsp3) is 0.571. The number of nitro benzene ring substituents is 1. The molecule has 0 aliphatic carbocycles. The molecule has 1 aromatic rings. The Bertz CT molecular complexity index is 523. The molecule has 1 aromatic carbocycles. The van der Waals surface area contributed by atoms with Crippen molar-refractivity contribution in [2.24, 2.45) is 5.92 Å². The second kappa shape index (κ2) is 6.01. The summed E-state index contributed by atoms with van der Waals surface area (Å²) in [4.78, 5) is 12.0. The Morgan fingerprint density at radius 3 is 2.48 bits per heavy atom. The van der Waals surface area contributed by atoms with Crippen molar-refractivity contribution in [3.8, 4) is 0 Å². The van der Waals surface area contributed by atoms with Crippen LogP contribution in [0.2, 0.25) is 0 Å².